The highest BCUT2D eigenvalue weighted by atomic mass is 35.5. The van der Waals surface area contributed by atoms with Gasteiger partial charge in [-0.15, -0.1) is 0 Å². The van der Waals surface area contributed by atoms with Gasteiger partial charge >= 0.3 is 17.9 Å². The molecule has 1 heterocycles. The average molecular weight is 455 g/mol. The Morgan fingerprint density at radius 2 is 2.06 bits per heavy atom. The minimum atomic E-state index is -1.23. The Hall–Kier alpha value is -3.34. The van der Waals surface area contributed by atoms with Crippen LogP contribution >= 0.6 is 11.6 Å². The lowest BCUT2D eigenvalue weighted by atomic mass is 10.0. The molecule has 1 amide bonds. The average Bonchev–Trinajstić information content (AvgIpc) is 3.00. The number of benzene rings is 1. The first-order chi connectivity index (χ1) is 14.4. The molecule has 168 valence electrons. The van der Waals surface area contributed by atoms with E-state index < -0.39 is 34.4 Å². The Bertz CT molecular complexity index is 984. The summed E-state index contributed by atoms with van der Waals surface area (Å²) >= 11 is 5.84. The van der Waals surface area contributed by atoms with Crippen molar-refractivity contribution in [3.63, 3.8) is 0 Å². The number of ether oxygens (including phenoxy) is 2. The number of carbonyl (C=O) groups excluding carboxylic acids is 1. The number of carboxylic acids is 1. The maximum absolute atomic E-state index is 12.0. The number of rotatable bonds is 8. The molecule has 0 aliphatic heterocycles. The van der Waals surface area contributed by atoms with Crippen LogP contribution in [0.15, 0.2) is 24.4 Å². The lowest BCUT2D eigenvalue weighted by Crippen LogP contribution is -2.44. The Morgan fingerprint density at radius 1 is 1.39 bits per heavy atom. The van der Waals surface area contributed by atoms with Crippen molar-refractivity contribution in [2.45, 2.75) is 45.4 Å². The highest BCUT2D eigenvalue weighted by molar-refractivity contribution is 6.32. The van der Waals surface area contributed by atoms with Gasteiger partial charge in [0, 0.05) is 12.0 Å². The molecule has 1 atom stereocenters. The van der Waals surface area contributed by atoms with Crippen LogP contribution in [-0.2, 0) is 22.5 Å². The molecule has 1 unspecified atom stereocenters. The van der Waals surface area contributed by atoms with Gasteiger partial charge in [-0.3, -0.25) is 0 Å². The van der Waals surface area contributed by atoms with Crippen LogP contribution in [0.2, 0.25) is 5.02 Å². The smallest absolute Gasteiger partial charge is 0.408 e. The van der Waals surface area contributed by atoms with Gasteiger partial charge in [-0.2, -0.15) is 4.68 Å². The number of hydrogen-bond acceptors (Lipinski definition) is 7. The summed E-state index contributed by atoms with van der Waals surface area (Å²) in [5.41, 5.74) is 0.413. The number of aromatic nitrogens is 2. The molecule has 0 aliphatic carbocycles. The summed E-state index contributed by atoms with van der Waals surface area (Å²) in [6.07, 6.45) is 0.453. The summed E-state index contributed by atoms with van der Waals surface area (Å²) in [6.45, 7) is 5.11. The van der Waals surface area contributed by atoms with Crippen LogP contribution in [0.1, 0.15) is 31.9 Å². The number of carbonyl (C=O) groups is 2. The summed E-state index contributed by atoms with van der Waals surface area (Å²) in [5, 5.41) is 26.5. The Balaban J connectivity index is 2.23. The van der Waals surface area contributed by atoms with Crippen molar-refractivity contribution in [1.29, 1.82) is 0 Å². The van der Waals surface area contributed by atoms with Crippen molar-refractivity contribution >= 4 is 29.5 Å². The van der Waals surface area contributed by atoms with Crippen LogP contribution in [-0.4, -0.2) is 50.6 Å². The van der Waals surface area contributed by atoms with Crippen molar-refractivity contribution in [2.75, 3.05) is 7.11 Å². The Labute approximate surface area is 183 Å². The number of amides is 1. The molecule has 0 radical (unpaired) electrons. The first kappa shape index (κ1) is 23.9. The molecule has 1 aromatic carbocycles. The number of halogens is 1. The number of hydrogen-bond donors (Lipinski definition) is 2. The molecule has 2 aromatic rings. The van der Waals surface area contributed by atoms with E-state index in [4.69, 9.17) is 21.1 Å². The number of nitrogens with one attached hydrogen (secondary N) is 1. The molecule has 0 aliphatic rings. The second-order valence-corrected chi connectivity index (χ2v) is 8.05. The molecule has 0 fully saturated rings. The van der Waals surface area contributed by atoms with Crippen LogP contribution < -0.4 is 10.1 Å². The molecule has 12 heteroatoms. The summed E-state index contributed by atoms with van der Waals surface area (Å²) in [6, 6.07) is 3.74. The molecule has 2 rings (SSSR count). The van der Waals surface area contributed by atoms with Gasteiger partial charge in [-0.1, -0.05) is 23.7 Å². The summed E-state index contributed by atoms with van der Waals surface area (Å²) in [4.78, 5) is 33.8. The molecule has 0 saturated heterocycles. The van der Waals surface area contributed by atoms with Gasteiger partial charge in [-0.05, 0) is 37.3 Å². The molecule has 1 aromatic heterocycles. The third-order valence-corrected chi connectivity index (χ3v) is 4.24. The van der Waals surface area contributed by atoms with Gasteiger partial charge in [0.15, 0.2) is 5.02 Å². The number of aliphatic carboxylic acids is 1. The van der Waals surface area contributed by atoms with E-state index >= 15 is 0 Å². The van der Waals surface area contributed by atoms with Gasteiger partial charge in [0.1, 0.15) is 17.4 Å². The standard InChI is InChI=1S/C19H23ClN4O7/c1-19(2,3)31-18(27)21-14(17(25)26)8-11-5-6-15(30-4)12(7-11)9-23-10-13(20)16(22-23)24(28)29/h5-7,10,14H,8-9H2,1-4H3,(H,21,27)(H,25,26). The maximum atomic E-state index is 12.0. The Morgan fingerprint density at radius 3 is 2.58 bits per heavy atom. The van der Waals surface area contributed by atoms with Gasteiger partial charge in [-0.25, -0.2) is 9.59 Å². The van der Waals surface area contributed by atoms with Crippen LogP contribution in [0.25, 0.3) is 0 Å². The summed E-state index contributed by atoms with van der Waals surface area (Å²) < 4.78 is 11.7. The number of nitro groups is 1. The van der Waals surface area contributed by atoms with Crippen molar-refractivity contribution in [1.82, 2.24) is 15.1 Å². The fraction of sp³-hybridized carbons (Fsp3) is 0.421. The monoisotopic (exact) mass is 454 g/mol. The number of methoxy groups -OCH3 is 1. The van der Waals surface area contributed by atoms with E-state index in [9.17, 15) is 24.8 Å². The third kappa shape index (κ3) is 6.85. The topological polar surface area (TPSA) is 146 Å². The van der Waals surface area contributed by atoms with E-state index in [0.717, 1.165) is 0 Å². The molecule has 31 heavy (non-hydrogen) atoms. The van der Waals surface area contributed by atoms with Crippen LogP contribution in [0.5, 0.6) is 5.75 Å². The van der Waals surface area contributed by atoms with Gasteiger partial charge in [0.25, 0.3) is 0 Å². The number of nitrogens with zero attached hydrogens (tertiary/aromatic N) is 3. The van der Waals surface area contributed by atoms with Crippen LogP contribution in [0.3, 0.4) is 0 Å². The minimum absolute atomic E-state index is 0.0222. The van der Waals surface area contributed by atoms with E-state index in [1.54, 1.807) is 39.0 Å². The quantitative estimate of drug-likeness (QED) is 0.457. The van der Waals surface area contributed by atoms with Crippen LogP contribution in [0, 0.1) is 10.1 Å². The summed E-state index contributed by atoms with van der Waals surface area (Å²) in [5.74, 6) is -1.22. The van der Waals surface area contributed by atoms with E-state index in [2.05, 4.69) is 10.4 Å². The van der Waals surface area contributed by atoms with E-state index in [0.29, 0.717) is 16.9 Å². The SMILES string of the molecule is COc1ccc(CC(NC(=O)OC(C)(C)C)C(=O)O)cc1Cn1cc(Cl)c([N+](=O)[O-])n1. The van der Waals surface area contributed by atoms with Crippen molar-refractivity contribution in [3.8, 4) is 5.75 Å². The molecular formula is C19H23ClN4O7. The van der Waals surface area contributed by atoms with E-state index in [-0.39, 0.29) is 18.0 Å². The fourth-order valence-corrected chi connectivity index (χ4v) is 2.95. The lowest BCUT2D eigenvalue weighted by Gasteiger charge is -2.22. The molecule has 0 bridgehead atoms. The van der Waals surface area contributed by atoms with E-state index in [1.165, 1.54) is 18.0 Å². The van der Waals surface area contributed by atoms with Gasteiger partial charge in [0.2, 0.25) is 0 Å². The Kier molecular flexibility index (Phi) is 7.45. The largest absolute Gasteiger partial charge is 0.496 e. The zero-order chi connectivity index (χ0) is 23.3. The first-order valence-electron chi connectivity index (χ1n) is 9.15. The number of alkyl carbamates (subject to hydrolysis) is 1. The molecular weight excluding hydrogens is 432 g/mol. The third-order valence-electron chi connectivity index (χ3n) is 3.98. The van der Waals surface area contributed by atoms with Gasteiger partial charge < -0.3 is 30.0 Å². The normalized spacial score (nSPS) is 12.2. The first-order valence-corrected chi connectivity index (χ1v) is 9.53. The summed E-state index contributed by atoms with van der Waals surface area (Å²) in [7, 11) is 1.46. The highest BCUT2D eigenvalue weighted by Gasteiger charge is 2.25. The zero-order valence-electron chi connectivity index (χ0n) is 17.4. The second-order valence-electron chi connectivity index (χ2n) is 7.64. The van der Waals surface area contributed by atoms with Crippen LogP contribution in [0.4, 0.5) is 10.6 Å². The molecule has 0 spiro atoms. The zero-order valence-corrected chi connectivity index (χ0v) is 18.2. The predicted octanol–water partition coefficient (Wildman–Crippen LogP) is 3.02. The lowest BCUT2D eigenvalue weighted by molar-refractivity contribution is -0.389. The molecule has 11 nitrogen and oxygen atoms in total. The van der Waals surface area contributed by atoms with Crippen molar-refractivity contribution < 1.29 is 29.1 Å². The minimum Gasteiger partial charge on any atom is -0.496 e. The van der Waals surface area contributed by atoms with Crippen molar-refractivity contribution in [2.24, 2.45) is 0 Å². The second kappa shape index (κ2) is 9.65. The molecule has 2 N–H and O–H groups in total. The maximum Gasteiger partial charge on any atom is 0.408 e. The predicted molar refractivity (Wildman–Crippen MR) is 110 cm³/mol. The number of carboxylic acid groups (broad SMARTS) is 1. The van der Waals surface area contributed by atoms with Crippen molar-refractivity contribution in [3.05, 3.63) is 50.7 Å². The molecule has 0 saturated carbocycles. The highest BCUT2D eigenvalue weighted by Crippen LogP contribution is 2.25. The fourth-order valence-electron chi connectivity index (χ4n) is 2.73. The van der Waals surface area contributed by atoms with E-state index in [1.807, 2.05) is 0 Å². The van der Waals surface area contributed by atoms with Gasteiger partial charge in [0.05, 0.1) is 25.0 Å².